The summed E-state index contributed by atoms with van der Waals surface area (Å²) in [6.07, 6.45) is 6.41. The van der Waals surface area contributed by atoms with Crippen LogP contribution in [-0.4, -0.2) is 5.78 Å². The highest BCUT2D eigenvalue weighted by atomic mass is 16.1. The maximum absolute atomic E-state index is 12.7. The van der Waals surface area contributed by atoms with Crippen molar-refractivity contribution in [3.05, 3.63) is 48.0 Å². The molecule has 0 spiro atoms. The number of Topliss-reactive ketones (excluding diaryl/α,β-unsaturated/α-hetero) is 1. The summed E-state index contributed by atoms with van der Waals surface area (Å²) < 4.78 is 0. The molecule has 0 unspecified atom stereocenters. The zero-order valence-electron chi connectivity index (χ0n) is 12.2. The Morgan fingerprint density at radius 3 is 2.50 bits per heavy atom. The Morgan fingerprint density at radius 2 is 1.70 bits per heavy atom. The molecule has 104 valence electrons. The van der Waals surface area contributed by atoms with Crippen LogP contribution in [0.4, 0.5) is 0 Å². The van der Waals surface area contributed by atoms with Gasteiger partial charge in [0.2, 0.25) is 0 Å². The molecule has 20 heavy (non-hydrogen) atoms. The lowest BCUT2D eigenvalue weighted by Gasteiger charge is -2.32. The van der Waals surface area contributed by atoms with E-state index < -0.39 is 0 Å². The van der Waals surface area contributed by atoms with Crippen LogP contribution >= 0.6 is 0 Å². The van der Waals surface area contributed by atoms with Gasteiger partial charge in [0.15, 0.2) is 0 Å². The van der Waals surface area contributed by atoms with Gasteiger partial charge in [-0.25, -0.2) is 0 Å². The smallest absolute Gasteiger partial charge is 0.143 e. The Morgan fingerprint density at radius 1 is 1.00 bits per heavy atom. The van der Waals surface area contributed by atoms with Gasteiger partial charge in [-0.2, -0.15) is 0 Å². The second kappa shape index (κ2) is 5.40. The molecular weight excluding hydrogens is 244 g/mol. The molecule has 3 rings (SSSR count). The maximum Gasteiger partial charge on any atom is 0.143 e. The summed E-state index contributed by atoms with van der Waals surface area (Å²) in [5.74, 6) is 0.425. The SMILES string of the molecule is CC1(C(=O)Cc2cccc3ccccc23)CCCCC1. The van der Waals surface area contributed by atoms with E-state index in [1.807, 2.05) is 0 Å². The largest absolute Gasteiger partial charge is 0.299 e. The van der Waals surface area contributed by atoms with Gasteiger partial charge in [0.1, 0.15) is 5.78 Å². The molecular formula is C19H22O. The van der Waals surface area contributed by atoms with Gasteiger partial charge in [-0.15, -0.1) is 0 Å². The Kier molecular flexibility index (Phi) is 3.60. The van der Waals surface area contributed by atoms with Crippen LogP contribution in [0, 0.1) is 5.41 Å². The van der Waals surface area contributed by atoms with Crippen molar-refractivity contribution in [2.24, 2.45) is 5.41 Å². The number of hydrogen-bond donors (Lipinski definition) is 0. The predicted octanol–water partition coefficient (Wildman–Crippen LogP) is 4.92. The lowest BCUT2D eigenvalue weighted by Crippen LogP contribution is -2.31. The van der Waals surface area contributed by atoms with Crippen molar-refractivity contribution in [2.45, 2.75) is 45.4 Å². The molecule has 0 heterocycles. The Bertz CT molecular complexity index is 615. The average molecular weight is 266 g/mol. The number of carbonyl (C=O) groups excluding carboxylic acids is 1. The van der Waals surface area contributed by atoms with Gasteiger partial charge in [0.05, 0.1) is 0 Å². The topological polar surface area (TPSA) is 17.1 Å². The van der Waals surface area contributed by atoms with Crippen molar-refractivity contribution in [1.82, 2.24) is 0 Å². The Balaban J connectivity index is 1.87. The first-order chi connectivity index (χ1) is 9.69. The third-order valence-corrected chi connectivity index (χ3v) is 4.86. The highest BCUT2D eigenvalue weighted by Crippen LogP contribution is 2.37. The standard InChI is InChI=1S/C19H22O/c1-19(12-5-2-6-13-19)18(20)14-16-10-7-9-15-8-3-4-11-17(15)16/h3-4,7-11H,2,5-6,12-14H2,1H3. The highest BCUT2D eigenvalue weighted by Gasteiger charge is 2.33. The number of fused-ring (bicyclic) bond motifs is 1. The molecule has 0 aromatic heterocycles. The molecule has 0 amide bonds. The molecule has 2 aromatic rings. The van der Waals surface area contributed by atoms with Crippen LogP contribution in [0.5, 0.6) is 0 Å². The molecule has 0 N–H and O–H groups in total. The third-order valence-electron chi connectivity index (χ3n) is 4.86. The number of hydrogen-bond acceptors (Lipinski definition) is 1. The number of rotatable bonds is 3. The fraction of sp³-hybridized carbons (Fsp3) is 0.421. The van der Waals surface area contributed by atoms with E-state index in [4.69, 9.17) is 0 Å². The van der Waals surface area contributed by atoms with Crippen molar-refractivity contribution in [3.63, 3.8) is 0 Å². The summed E-state index contributed by atoms with van der Waals surface area (Å²) in [6, 6.07) is 14.6. The van der Waals surface area contributed by atoms with E-state index in [1.165, 1.54) is 35.6 Å². The van der Waals surface area contributed by atoms with Crippen LogP contribution in [0.25, 0.3) is 10.8 Å². The molecule has 1 nitrogen and oxygen atoms in total. The van der Waals surface area contributed by atoms with Gasteiger partial charge in [-0.05, 0) is 29.2 Å². The van der Waals surface area contributed by atoms with Crippen molar-refractivity contribution in [2.75, 3.05) is 0 Å². The molecule has 1 aliphatic rings. The summed E-state index contributed by atoms with van der Waals surface area (Å²) in [5, 5.41) is 2.45. The van der Waals surface area contributed by atoms with Crippen LogP contribution in [-0.2, 0) is 11.2 Å². The van der Waals surface area contributed by atoms with Crippen molar-refractivity contribution >= 4 is 16.6 Å². The van der Waals surface area contributed by atoms with Crippen molar-refractivity contribution in [3.8, 4) is 0 Å². The maximum atomic E-state index is 12.7. The Hall–Kier alpha value is -1.63. The monoisotopic (exact) mass is 266 g/mol. The van der Waals surface area contributed by atoms with E-state index in [0.29, 0.717) is 12.2 Å². The second-order valence-electron chi connectivity index (χ2n) is 6.36. The molecule has 1 aliphatic carbocycles. The molecule has 1 heteroatoms. The lowest BCUT2D eigenvalue weighted by atomic mass is 9.71. The third kappa shape index (κ3) is 2.49. The normalized spacial score (nSPS) is 18.1. The molecule has 0 atom stereocenters. The second-order valence-corrected chi connectivity index (χ2v) is 6.36. The number of ketones is 1. The van der Waals surface area contributed by atoms with Crippen LogP contribution in [0.2, 0.25) is 0 Å². The van der Waals surface area contributed by atoms with Gasteiger partial charge in [0.25, 0.3) is 0 Å². The van der Waals surface area contributed by atoms with Crippen molar-refractivity contribution in [1.29, 1.82) is 0 Å². The fourth-order valence-corrected chi connectivity index (χ4v) is 3.44. The summed E-state index contributed by atoms with van der Waals surface area (Å²) in [4.78, 5) is 12.7. The van der Waals surface area contributed by atoms with Gasteiger partial charge in [-0.1, -0.05) is 68.7 Å². The molecule has 2 aromatic carbocycles. The zero-order chi connectivity index (χ0) is 14.0. The van der Waals surface area contributed by atoms with Gasteiger partial charge >= 0.3 is 0 Å². The van der Waals surface area contributed by atoms with Crippen LogP contribution < -0.4 is 0 Å². The molecule has 0 radical (unpaired) electrons. The van der Waals surface area contributed by atoms with Crippen molar-refractivity contribution < 1.29 is 4.79 Å². The van der Waals surface area contributed by atoms with E-state index >= 15 is 0 Å². The molecule has 0 bridgehead atoms. The highest BCUT2D eigenvalue weighted by molar-refractivity contribution is 5.93. The fourth-order valence-electron chi connectivity index (χ4n) is 3.44. The first-order valence-electron chi connectivity index (χ1n) is 7.69. The lowest BCUT2D eigenvalue weighted by molar-refractivity contribution is -0.128. The number of benzene rings is 2. The average Bonchev–Trinajstić information content (AvgIpc) is 2.48. The van der Waals surface area contributed by atoms with Crippen LogP contribution in [0.3, 0.4) is 0 Å². The van der Waals surface area contributed by atoms with Gasteiger partial charge in [0, 0.05) is 11.8 Å². The summed E-state index contributed by atoms with van der Waals surface area (Å²) in [5.41, 5.74) is 1.09. The van der Waals surface area contributed by atoms with Crippen LogP contribution in [0.15, 0.2) is 42.5 Å². The Labute approximate surface area is 121 Å². The molecule has 0 saturated heterocycles. The van der Waals surface area contributed by atoms with E-state index in [-0.39, 0.29) is 5.41 Å². The number of carbonyl (C=O) groups is 1. The summed E-state index contributed by atoms with van der Waals surface area (Å²) in [6.45, 7) is 2.17. The first-order valence-corrected chi connectivity index (χ1v) is 7.69. The van der Waals surface area contributed by atoms with E-state index in [2.05, 4.69) is 49.4 Å². The minimum Gasteiger partial charge on any atom is -0.299 e. The molecule has 1 fully saturated rings. The van der Waals surface area contributed by atoms with E-state index in [9.17, 15) is 4.79 Å². The first kappa shape index (κ1) is 13.4. The van der Waals surface area contributed by atoms with E-state index in [1.54, 1.807) is 0 Å². The minimum atomic E-state index is -0.0881. The quantitative estimate of drug-likeness (QED) is 0.770. The summed E-state index contributed by atoms with van der Waals surface area (Å²) in [7, 11) is 0. The van der Waals surface area contributed by atoms with Crippen LogP contribution in [0.1, 0.15) is 44.6 Å². The van der Waals surface area contributed by atoms with Gasteiger partial charge in [-0.3, -0.25) is 4.79 Å². The predicted molar refractivity (Wildman–Crippen MR) is 83.9 cm³/mol. The zero-order valence-corrected chi connectivity index (χ0v) is 12.2. The summed E-state index contributed by atoms with van der Waals surface area (Å²) >= 11 is 0. The molecule has 1 saturated carbocycles. The van der Waals surface area contributed by atoms with Gasteiger partial charge < -0.3 is 0 Å². The molecule has 0 aliphatic heterocycles. The minimum absolute atomic E-state index is 0.0881. The van der Waals surface area contributed by atoms with E-state index in [0.717, 1.165) is 12.8 Å².